The maximum absolute atomic E-state index is 12.7. The van der Waals surface area contributed by atoms with Gasteiger partial charge in [-0.05, 0) is 49.9 Å². The number of aromatic hydroxyl groups is 1. The third-order valence-electron chi connectivity index (χ3n) is 5.07. The van der Waals surface area contributed by atoms with Crippen molar-refractivity contribution in [1.82, 2.24) is 0 Å². The Balaban J connectivity index is 2.63. The second kappa shape index (κ2) is 9.10. The second-order valence-corrected chi connectivity index (χ2v) is 7.70. The number of hydrogen-bond donors (Lipinski definition) is 2. The molecule has 0 atom stereocenters. The Hall–Kier alpha value is -1.51. The number of aryl methyl sites for hydroxylation is 1. The van der Waals surface area contributed by atoms with E-state index in [9.17, 15) is 9.90 Å². The zero-order valence-electron chi connectivity index (χ0n) is 16.4. The van der Waals surface area contributed by atoms with Gasteiger partial charge in [0.25, 0.3) is 0 Å². The standard InChI is InChI=1S/C21H35NO2/c1-7-8-9-10-11-12-13-21(5,6)20(24)22-18-14-15(2)19(23)17(4)16(18)3/h14,23H,7-13H2,1-6H3,(H,22,24). The van der Waals surface area contributed by atoms with E-state index in [0.717, 1.165) is 35.2 Å². The number of benzene rings is 1. The molecule has 0 spiro atoms. The van der Waals surface area contributed by atoms with E-state index >= 15 is 0 Å². The van der Waals surface area contributed by atoms with Crippen LogP contribution in [0.25, 0.3) is 0 Å². The SMILES string of the molecule is CCCCCCCCC(C)(C)C(=O)Nc1cc(C)c(O)c(C)c1C. The summed E-state index contributed by atoms with van der Waals surface area (Å²) < 4.78 is 0. The fraction of sp³-hybridized carbons (Fsp3) is 0.667. The van der Waals surface area contributed by atoms with E-state index in [1.165, 1.54) is 32.1 Å². The van der Waals surface area contributed by atoms with Crippen molar-refractivity contribution < 1.29 is 9.90 Å². The average Bonchev–Trinajstić information content (AvgIpc) is 2.53. The molecular formula is C21H35NO2. The molecule has 1 rings (SSSR count). The van der Waals surface area contributed by atoms with Gasteiger partial charge in [0.15, 0.2) is 0 Å². The van der Waals surface area contributed by atoms with Gasteiger partial charge in [-0.15, -0.1) is 0 Å². The largest absolute Gasteiger partial charge is 0.507 e. The van der Waals surface area contributed by atoms with Gasteiger partial charge in [0.1, 0.15) is 5.75 Å². The van der Waals surface area contributed by atoms with Gasteiger partial charge in [-0.3, -0.25) is 4.79 Å². The molecule has 0 unspecified atom stereocenters. The van der Waals surface area contributed by atoms with Crippen molar-refractivity contribution in [1.29, 1.82) is 0 Å². The van der Waals surface area contributed by atoms with Crippen molar-refractivity contribution in [2.75, 3.05) is 5.32 Å². The van der Waals surface area contributed by atoms with Gasteiger partial charge in [-0.25, -0.2) is 0 Å². The Bertz CT molecular complexity index is 561. The van der Waals surface area contributed by atoms with Gasteiger partial charge in [-0.1, -0.05) is 59.3 Å². The maximum Gasteiger partial charge on any atom is 0.230 e. The number of phenolic OH excluding ortho intramolecular Hbond substituents is 1. The quantitative estimate of drug-likeness (QED) is 0.428. The molecular weight excluding hydrogens is 298 g/mol. The topological polar surface area (TPSA) is 49.3 Å². The molecule has 1 aromatic rings. The average molecular weight is 334 g/mol. The maximum atomic E-state index is 12.7. The number of anilines is 1. The summed E-state index contributed by atoms with van der Waals surface area (Å²) in [5, 5.41) is 13.1. The van der Waals surface area contributed by atoms with E-state index in [2.05, 4.69) is 12.2 Å². The minimum absolute atomic E-state index is 0.0589. The minimum Gasteiger partial charge on any atom is -0.507 e. The summed E-state index contributed by atoms with van der Waals surface area (Å²) in [6.45, 7) is 11.9. The highest BCUT2D eigenvalue weighted by Gasteiger charge is 2.27. The van der Waals surface area contributed by atoms with Crippen LogP contribution in [0.15, 0.2) is 6.07 Å². The van der Waals surface area contributed by atoms with Crippen molar-refractivity contribution in [3.63, 3.8) is 0 Å². The van der Waals surface area contributed by atoms with E-state index in [0.29, 0.717) is 5.75 Å². The van der Waals surface area contributed by atoms with E-state index in [-0.39, 0.29) is 11.3 Å². The molecule has 136 valence electrons. The van der Waals surface area contributed by atoms with E-state index in [1.807, 2.05) is 40.7 Å². The Kier molecular flexibility index (Phi) is 7.78. The number of carbonyl (C=O) groups excluding carboxylic acids is 1. The van der Waals surface area contributed by atoms with Crippen molar-refractivity contribution in [2.24, 2.45) is 5.41 Å². The van der Waals surface area contributed by atoms with Gasteiger partial charge in [0.2, 0.25) is 5.91 Å². The summed E-state index contributed by atoms with van der Waals surface area (Å²) in [5.41, 5.74) is 2.99. The van der Waals surface area contributed by atoms with E-state index < -0.39 is 0 Å². The molecule has 3 heteroatoms. The van der Waals surface area contributed by atoms with Crippen molar-refractivity contribution >= 4 is 11.6 Å². The summed E-state index contributed by atoms with van der Waals surface area (Å²) in [7, 11) is 0. The van der Waals surface area contributed by atoms with Crippen molar-refractivity contribution in [3.8, 4) is 5.75 Å². The van der Waals surface area contributed by atoms with Crippen LogP contribution in [0.3, 0.4) is 0 Å². The van der Waals surface area contributed by atoms with Gasteiger partial charge < -0.3 is 10.4 Å². The monoisotopic (exact) mass is 333 g/mol. The smallest absolute Gasteiger partial charge is 0.230 e. The van der Waals surface area contributed by atoms with Crippen LogP contribution in [0, 0.1) is 26.2 Å². The van der Waals surface area contributed by atoms with Crippen LogP contribution < -0.4 is 5.32 Å². The predicted molar refractivity (Wildman–Crippen MR) is 103 cm³/mol. The molecule has 0 aliphatic rings. The summed E-state index contributed by atoms with van der Waals surface area (Å²) in [5.74, 6) is 0.375. The van der Waals surface area contributed by atoms with Gasteiger partial charge in [0, 0.05) is 11.1 Å². The van der Waals surface area contributed by atoms with Crippen LogP contribution in [0.5, 0.6) is 5.75 Å². The molecule has 1 amide bonds. The molecule has 0 aliphatic heterocycles. The fourth-order valence-electron chi connectivity index (χ4n) is 2.95. The number of phenols is 1. The predicted octanol–water partition coefficient (Wildman–Crippen LogP) is 6.03. The zero-order chi connectivity index (χ0) is 18.3. The minimum atomic E-state index is -0.378. The molecule has 0 aromatic heterocycles. The molecule has 0 aliphatic carbocycles. The Morgan fingerprint density at radius 2 is 1.62 bits per heavy atom. The third-order valence-corrected chi connectivity index (χ3v) is 5.07. The highest BCUT2D eigenvalue weighted by molar-refractivity contribution is 5.95. The van der Waals surface area contributed by atoms with Crippen molar-refractivity contribution in [2.45, 2.75) is 86.5 Å². The number of unbranched alkanes of at least 4 members (excludes halogenated alkanes) is 5. The van der Waals surface area contributed by atoms with Crippen LogP contribution >= 0.6 is 0 Å². The molecule has 0 saturated carbocycles. The summed E-state index contributed by atoms with van der Waals surface area (Å²) in [4.78, 5) is 12.7. The lowest BCUT2D eigenvalue weighted by Crippen LogP contribution is -2.31. The molecule has 3 nitrogen and oxygen atoms in total. The third kappa shape index (κ3) is 5.54. The van der Waals surface area contributed by atoms with Crippen LogP contribution in [-0.4, -0.2) is 11.0 Å². The Morgan fingerprint density at radius 3 is 2.25 bits per heavy atom. The lowest BCUT2D eigenvalue weighted by atomic mass is 9.85. The number of amides is 1. The molecule has 0 heterocycles. The Morgan fingerprint density at radius 1 is 1.04 bits per heavy atom. The van der Waals surface area contributed by atoms with Gasteiger partial charge >= 0.3 is 0 Å². The number of nitrogens with one attached hydrogen (secondary N) is 1. The molecule has 0 fully saturated rings. The molecule has 0 saturated heterocycles. The van der Waals surface area contributed by atoms with Crippen molar-refractivity contribution in [3.05, 3.63) is 22.8 Å². The molecule has 24 heavy (non-hydrogen) atoms. The van der Waals surface area contributed by atoms with Crippen LogP contribution in [0.1, 0.15) is 82.4 Å². The molecule has 0 radical (unpaired) electrons. The van der Waals surface area contributed by atoms with E-state index in [1.54, 1.807) is 0 Å². The van der Waals surface area contributed by atoms with Crippen LogP contribution in [0.2, 0.25) is 0 Å². The fourth-order valence-corrected chi connectivity index (χ4v) is 2.95. The zero-order valence-corrected chi connectivity index (χ0v) is 16.4. The summed E-state index contributed by atoms with van der Waals surface area (Å²) in [6.07, 6.45) is 8.33. The first-order valence-corrected chi connectivity index (χ1v) is 9.32. The first-order chi connectivity index (χ1) is 11.2. The summed E-state index contributed by atoms with van der Waals surface area (Å²) >= 11 is 0. The normalized spacial score (nSPS) is 11.6. The molecule has 0 bridgehead atoms. The highest BCUT2D eigenvalue weighted by Crippen LogP contribution is 2.32. The summed E-state index contributed by atoms with van der Waals surface area (Å²) in [6, 6.07) is 1.86. The van der Waals surface area contributed by atoms with E-state index in [4.69, 9.17) is 0 Å². The highest BCUT2D eigenvalue weighted by atomic mass is 16.3. The number of hydrogen-bond acceptors (Lipinski definition) is 2. The van der Waals surface area contributed by atoms with Gasteiger partial charge in [0.05, 0.1) is 0 Å². The van der Waals surface area contributed by atoms with Gasteiger partial charge in [-0.2, -0.15) is 0 Å². The second-order valence-electron chi connectivity index (χ2n) is 7.70. The first-order valence-electron chi connectivity index (χ1n) is 9.32. The molecule has 2 N–H and O–H groups in total. The first kappa shape index (κ1) is 20.5. The number of rotatable bonds is 9. The van der Waals surface area contributed by atoms with Crippen LogP contribution in [0.4, 0.5) is 5.69 Å². The lowest BCUT2D eigenvalue weighted by Gasteiger charge is -2.25. The molecule has 1 aromatic carbocycles. The lowest BCUT2D eigenvalue weighted by molar-refractivity contribution is -0.124. The number of carbonyl (C=O) groups is 1. The Labute approximate surface area is 147 Å². The van der Waals surface area contributed by atoms with Crippen LogP contribution in [-0.2, 0) is 4.79 Å².